The summed E-state index contributed by atoms with van der Waals surface area (Å²) >= 11 is 0. The minimum atomic E-state index is -0.317. The van der Waals surface area contributed by atoms with Gasteiger partial charge in [0.05, 0.1) is 17.6 Å². The summed E-state index contributed by atoms with van der Waals surface area (Å²) in [6.45, 7) is 4.51. The standard InChI is InChI=1S/C28H26N4O3/c1-2-17-14-32(15-24-29-27(31-35-24)18-7-4-3-5-8-18)12-11-28-21-9-6-10-22(34)25(21)30-26(28)20(16-33)19(17)13-23(28)32/h2-10,16,19,23H,11-15H2,1H3,(H-,30,33,34)/p+1/b17-2-/t19-,23-,28+,32+/m0/s1. The Morgan fingerprint density at radius 1 is 1.23 bits per heavy atom. The first-order valence-corrected chi connectivity index (χ1v) is 12.3. The van der Waals surface area contributed by atoms with Crippen molar-refractivity contribution in [3.8, 4) is 17.1 Å². The van der Waals surface area contributed by atoms with Gasteiger partial charge in [0.1, 0.15) is 24.6 Å². The Morgan fingerprint density at radius 2 is 2.09 bits per heavy atom. The van der Waals surface area contributed by atoms with Crippen LogP contribution in [0.4, 0.5) is 5.69 Å². The monoisotopic (exact) mass is 467 g/mol. The molecule has 0 radical (unpaired) electrons. The third-order valence-electron chi connectivity index (χ3n) is 8.92. The lowest BCUT2D eigenvalue weighted by molar-refractivity contribution is -0.955. The maximum Gasteiger partial charge on any atom is 0.282 e. The lowest BCUT2D eigenvalue weighted by Gasteiger charge is -2.52. The summed E-state index contributed by atoms with van der Waals surface area (Å²) in [4.78, 5) is 17.2. The zero-order valence-corrected chi connectivity index (χ0v) is 19.6. The highest BCUT2D eigenvalue weighted by molar-refractivity contribution is 5.86. The van der Waals surface area contributed by atoms with E-state index in [1.165, 1.54) is 5.57 Å². The van der Waals surface area contributed by atoms with E-state index in [-0.39, 0.29) is 23.1 Å². The first kappa shape index (κ1) is 20.6. The number of carbonyl (C=O) groups is 1. The van der Waals surface area contributed by atoms with Gasteiger partial charge in [0.2, 0.25) is 5.82 Å². The molecule has 0 unspecified atom stereocenters. The normalized spacial score (nSPS) is 31.3. The van der Waals surface area contributed by atoms with Crippen LogP contribution in [-0.4, -0.2) is 45.1 Å². The molecule has 35 heavy (non-hydrogen) atoms. The number of quaternary nitrogens is 1. The van der Waals surface area contributed by atoms with Gasteiger partial charge in [0.15, 0.2) is 6.54 Å². The number of aldehydes is 1. The molecule has 4 heterocycles. The van der Waals surface area contributed by atoms with Crippen molar-refractivity contribution in [1.82, 2.24) is 10.1 Å². The minimum Gasteiger partial charge on any atom is -0.506 e. The van der Waals surface area contributed by atoms with E-state index >= 15 is 0 Å². The van der Waals surface area contributed by atoms with Gasteiger partial charge in [0, 0.05) is 35.6 Å². The number of allylic oxidation sites excluding steroid dienone is 2. The van der Waals surface area contributed by atoms with Crippen LogP contribution in [0, 0.1) is 5.92 Å². The fraction of sp³-hybridized carbons (Fsp3) is 0.321. The number of nitrogens with zero attached hydrogens (tertiary/aromatic N) is 3. The van der Waals surface area contributed by atoms with E-state index in [1.807, 2.05) is 36.4 Å². The van der Waals surface area contributed by atoms with Crippen molar-refractivity contribution in [3.05, 3.63) is 82.9 Å². The molecule has 2 bridgehead atoms. The predicted octanol–water partition coefficient (Wildman–Crippen LogP) is 4.33. The third kappa shape index (κ3) is 2.61. The highest BCUT2D eigenvalue weighted by Crippen LogP contribution is 2.64. The second-order valence-corrected chi connectivity index (χ2v) is 10.3. The first-order valence-electron chi connectivity index (χ1n) is 12.3. The molecule has 2 fully saturated rings. The fourth-order valence-electron chi connectivity index (χ4n) is 7.47. The van der Waals surface area contributed by atoms with Crippen molar-refractivity contribution in [2.45, 2.75) is 37.8 Å². The van der Waals surface area contributed by atoms with Crippen LogP contribution in [0.25, 0.3) is 11.4 Å². The molecular weight excluding hydrogens is 440 g/mol. The van der Waals surface area contributed by atoms with Gasteiger partial charge in [-0.3, -0.25) is 4.79 Å². The van der Waals surface area contributed by atoms with Gasteiger partial charge in [-0.1, -0.05) is 53.7 Å². The van der Waals surface area contributed by atoms with Crippen molar-refractivity contribution in [2.24, 2.45) is 5.92 Å². The van der Waals surface area contributed by atoms with Crippen molar-refractivity contribution in [2.75, 3.05) is 18.4 Å². The minimum absolute atomic E-state index is 0.0986. The molecule has 1 aliphatic carbocycles. The molecule has 7 rings (SSSR count). The third-order valence-corrected chi connectivity index (χ3v) is 8.92. The number of rotatable bonds is 4. The Kier molecular flexibility index (Phi) is 4.22. The first-order chi connectivity index (χ1) is 17.1. The average molecular weight is 468 g/mol. The Hall–Kier alpha value is -3.71. The molecule has 7 nitrogen and oxygen atoms in total. The predicted molar refractivity (Wildman–Crippen MR) is 130 cm³/mol. The second kappa shape index (κ2) is 7.15. The Balaban J connectivity index is 1.37. The Morgan fingerprint density at radius 3 is 2.89 bits per heavy atom. The average Bonchev–Trinajstić information content (AvgIpc) is 3.58. The van der Waals surface area contributed by atoms with Gasteiger partial charge < -0.3 is 19.4 Å². The van der Waals surface area contributed by atoms with E-state index < -0.39 is 0 Å². The molecule has 1 spiro atoms. The number of carbonyl (C=O) groups excluding carboxylic acids is 1. The molecule has 3 aliphatic heterocycles. The molecule has 4 atom stereocenters. The summed E-state index contributed by atoms with van der Waals surface area (Å²) < 4.78 is 6.61. The number of anilines is 1. The zero-order valence-electron chi connectivity index (χ0n) is 19.6. The van der Waals surface area contributed by atoms with E-state index in [2.05, 4.69) is 29.5 Å². The molecular formula is C28H27N4O3+. The van der Waals surface area contributed by atoms with Crippen LogP contribution in [0.15, 0.2) is 76.0 Å². The number of para-hydroxylation sites is 1. The highest BCUT2D eigenvalue weighted by Gasteiger charge is 2.69. The molecule has 3 aromatic rings. The van der Waals surface area contributed by atoms with Crippen molar-refractivity contribution in [1.29, 1.82) is 0 Å². The van der Waals surface area contributed by atoms with Crippen LogP contribution in [0.3, 0.4) is 0 Å². The van der Waals surface area contributed by atoms with Crippen LogP contribution in [0.5, 0.6) is 5.75 Å². The molecule has 0 saturated carbocycles. The van der Waals surface area contributed by atoms with Crippen molar-refractivity contribution < 1.29 is 18.9 Å². The molecule has 2 saturated heterocycles. The maximum atomic E-state index is 12.5. The largest absolute Gasteiger partial charge is 0.506 e. The number of hydrogen-bond donors (Lipinski definition) is 2. The zero-order chi connectivity index (χ0) is 23.8. The SMILES string of the molecule is C/C=C1/C[N@@+]2(Cc3nc(-c4ccccc4)no3)CC[C@]34C(=C(C=O)[C@H]1C[C@@H]32)Nc1c(O)cccc14. The number of phenols is 1. The van der Waals surface area contributed by atoms with E-state index in [4.69, 9.17) is 9.51 Å². The number of nitrogens with one attached hydrogen (secondary N) is 1. The molecule has 2 N–H and O–H groups in total. The van der Waals surface area contributed by atoms with Crippen molar-refractivity contribution >= 4 is 12.0 Å². The van der Waals surface area contributed by atoms with Crippen LogP contribution in [0.1, 0.15) is 31.2 Å². The second-order valence-electron chi connectivity index (χ2n) is 10.3. The number of aromatic hydroxyl groups is 1. The smallest absolute Gasteiger partial charge is 0.282 e. The number of hydrogen-bond acceptors (Lipinski definition) is 6. The summed E-state index contributed by atoms with van der Waals surface area (Å²) in [6, 6.07) is 15.9. The van der Waals surface area contributed by atoms with Crippen LogP contribution in [-0.2, 0) is 16.8 Å². The summed E-state index contributed by atoms with van der Waals surface area (Å²) in [6.07, 6.45) is 5.02. The van der Waals surface area contributed by atoms with Gasteiger partial charge in [-0.2, -0.15) is 4.98 Å². The van der Waals surface area contributed by atoms with Gasteiger partial charge >= 0.3 is 0 Å². The summed E-state index contributed by atoms with van der Waals surface area (Å²) in [5.74, 6) is 1.59. The quantitative estimate of drug-likeness (QED) is 0.257. The summed E-state index contributed by atoms with van der Waals surface area (Å²) in [7, 11) is 0. The van der Waals surface area contributed by atoms with Gasteiger partial charge in [-0.25, -0.2) is 0 Å². The van der Waals surface area contributed by atoms with Gasteiger partial charge in [-0.05, 0) is 24.1 Å². The van der Waals surface area contributed by atoms with Gasteiger partial charge in [0.25, 0.3) is 5.89 Å². The fourth-order valence-corrected chi connectivity index (χ4v) is 7.47. The van der Waals surface area contributed by atoms with Crippen LogP contribution in [0.2, 0.25) is 0 Å². The van der Waals surface area contributed by atoms with E-state index in [9.17, 15) is 9.90 Å². The molecule has 2 aromatic carbocycles. The Bertz CT molecular complexity index is 1420. The van der Waals surface area contributed by atoms with Crippen LogP contribution < -0.4 is 5.32 Å². The van der Waals surface area contributed by atoms with Crippen molar-refractivity contribution in [3.63, 3.8) is 0 Å². The van der Waals surface area contributed by atoms with E-state index in [1.54, 1.807) is 6.07 Å². The topological polar surface area (TPSA) is 88.2 Å². The number of aromatic nitrogens is 2. The maximum absolute atomic E-state index is 12.5. The lowest BCUT2D eigenvalue weighted by atomic mass is 9.61. The van der Waals surface area contributed by atoms with E-state index in [0.29, 0.717) is 18.3 Å². The Labute approximate surface area is 203 Å². The highest BCUT2D eigenvalue weighted by atomic mass is 16.5. The molecule has 0 amide bonds. The molecule has 1 aromatic heterocycles. The number of benzene rings is 2. The summed E-state index contributed by atoms with van der Waals surface area (Å²) in [5, 5.41) is 18.5. The molecule has 7 heteroatoms. The molecule has 4 aliphatic rings. The number of phenolic OH excluding ortho intramolecular Hbond substituents is 1. The van der Waals surface area contributed by atoms with Gasteiger partial charge in [-0.15, -0.1) is 0 Å². The number of piperidine rings is 1. The van der Waals surface area contributed by atoms with E-state index in [0.717, 1.165) is 64.8 Å². The summed E-state index contributed by atoms with van der Waals surface area (Å²) in [5.41, 5.74) is 5.60. The van der Waals surface area contributed by atoms with Crippen LogP contribution >= 0.6 is 0 Å². The number of fused-ring (bicyclic) bond motifs is 2. The lowest BCUT2D eigenvalue weighted by Crippen LogP contribution is -2.62. The molecule has 176 valence electrons.